The minimum atomic E-state index is -0.195. The predicted octanol–water partition coefficient (Wildman–Crippen LogP) is 9.09. The summed E-state index contributed by atoms with van der Waals surface area (Å²) in [7, 11) is 0. The summed E-state index contributed by atoms with van der Waals surface area (Å²) in [4.78, 5) is 14.9. The lowest BCUT2D eigenvalue weighted by atomic mass is 9.86. The fraction of sp³-hybridized carbons (Fsp3) is 0.216. The maximum Gasteiger partial charge on any atom is 0.228 e. The van der Waals surface area contributed by atoms with Crippen LogP contribution in [0.15, 0.2) is 89.5 Å². The quantitative estimate of drug-likeness (QED) is 0.221. The highest BCUT2D eigenvalue weighted by atomic mass is 16.3. The number of furan rings is 1. The average molecular weight is 580 g/mol. The average Bonchev–Trinajstić information content (AvgIpc) is 3.64. The predicted molar refractivity (Wildman–Crippen MR) is 177 cm³/mol. The second-order valence-electron chi connectivity index (χ2n) is 13.6. The van der Waals surface area contributed by atoms with Crippen molar-refractivity contribution in [1.82, 2.24) is 23.9 Å². The van der Waals surface area contributed by atoms with Crippen molar-refractivity contribution in [2.24, 2.45) is 0 Å². The van der Waals surface area contributed by atoms with E-state index in [0.717, 1.165) is 66.7 Å². The number of pyridine rings is 2. The van der Waals surface area contributed by atoms with E-state index in [1.54, 1.807) is 12.3 Å². The molecule has 0 aliphatic carbocycles. The third-order valence-electron chi connectivity index (χ3n) is 8.60. The number of aromatic hydroxyl groups is 1. The molecule has 44 heavy (non-hydrogen) atoms. The topological polar surface area (TPSA) is 81.4 Å². The van der Waals surface area contributed by atoms with Crippen LogP contribution < -0.4 is 0 Å². The van der Waals surface area contributed by atoms with Crippen LogP contribution >= 0.6 is 0 Å². The van der Waals surface area contributed by atoms with E-state index >= 15 is 0 Å². The lowest BCUT2D eigenvalue weighted by molar-refractivity contribution is 0.471. The van der Waals surface area contributed by atoms with Crippen LogP contribution in [-0.2, 0) is 10.8 Å². The van der Waals surface area contributed by atoms with Gasteiger partial charge in [-0.2, -0.15) is 0 Å². The molecule has 0 fully saturated rings. The summed E-state index contributed by atoms with van der Waals surface area (Å²) in [6.07, 6.45) is 1.74. The van der Waals surface area contributed by atoms with Gasteiger partial charge in [0, 0.05) is 17.3 Å². The molecule has 0 aliphatic heterocycles. The maximum atomic E-state index is 11.2. The molecular weight excluding hydrogens is 546 g/mol. The van der Waals surface area contributed by atoms with Crippen molar-refractivity contribution in [3.8, 4) is 22.7 Å². The monoisotopic (exact) mass is 579 g/mol. The Kier molecular flexibility index (Phi) is 5.37. The zero-order valence-electron chi connectivity index (χ0n) is 25.7. The summed E-state index contributed by atoms with van der Waals surface area (Å²) in [5.74, 6) is 0.931. The molecule has 0 saturated heterocycles. The molecular formula is C37H33N5O2. The lowest BCUT2D eigenvalue weighted by Crippen LogP contribution is -2.12. The molecule has 8 aromatic rings. The molecule has 7 heteroatoms. The molecule has 0 unspecified atom stereocenters. The Morgan fingerprint density at radius 2 is 1.50 bits per heavy atom. The van der Waals surface area contributed by atoms with Crippen molar-refractivity contribution in [2.45, 2.75) is 52.4 Å². The number of rotatable bonds is 2. The summed E-state index contributed by atoms with van der Waals surface area (Å²) in [5.41, 5.74) is 10.3. The van der Waals surface area contributed by atoms with E-state index in [2.05, 4.69) is 98.0 Å². The van der Waals surface area contributed by atoms with Gasteiger partial charge in [0.05, 0.1) is 33.3 Å². The molecule has 3 aromatic carbocycles. The molecule has 5 heterocycles. The van der Waals surface area contributed by atoms with Crippen LogP contribution in [0.25, 0.3) is 67.0 Å². The number of hydrogen-bond donors (Lipinski definition) is 1. The lowest BCUT2D eigenvalue weighted by Gasteiger charge is -2.20. The number of nitrogens with zero attached hydrogens (tertiary/aromatic N) is 5. The molecule has 5 aromatic heterocycles. The van der Waals surface area contributed by atoms with Gasteiger partial charge in [0.25, 0.3) is 0 Å². The van der Waals surface area contributed by atoms with Gasteiger partial charge >= 0.3 is 0 Å². The van der Waals surface area contributed by atoms with Crippen LogP contribution in [0.1, 0.15) is 52.7 Å². The Balaban J connectivity index is 1.46. The first-order chi connectivity index (χ1) is 21.0. The van der Waals surface area contributed by atoms with Gasteiger partial charge in [0.1, 0.15) is 16.8 Å². The Hall–Kier alpha value is -5.17. The molecule has 0 amide bonds. The van der Waals surface area contributed by atoms with Crippen LogP contribution in [0.2, 0.25) is 0 Å². The maximum absolute atomic E-state index is 11.2. The molecule has 0 bridgehead atoms. The highest BCUT2D eigenvalue weighted by Crippen LogP contribution is 2.40. The zero-order valence-corrected chi connectivity index (χ0v) is 25.7. The number of phenolic OH excluding ortho intramolecular Hbond substituents is 1. The minimum Gasteiger partial charge on any atom is -0.506 e. The number of benzene rings is 3. The number of fused-ring (bicyclic) bond motifs is 8. The highest BCUT2D eigenvalue weighted by molar-refractivity contribution is 6.05. The molecule has 0 aliphatic rings. The van der Waals surface area contributed by atoms with E-state index in [1.165, 1.54) is 0 Å². The van der Waals surface area contributed by atoms with Gasteiger partial charge in [0.2, 0.25) is 11.5 Å². The summed E-state index contributed by atoms with van der Waals surface area (Å²) >= 11 is 0. The van der Waals surface area contributed by atoms with Crippen molar-refractivity contribution in [3.05, 3.63) is 96.2 Å². The van der Waals surface area contributed by atoms with E-state index in [-0.39, 0.29) is 16.6 Å². The molecule has 0 saturated carbocycles. The van der Waals surface area contributed by atoms with Crippen LogP contribution in [0, 0.1) is 0 Å². The van der Waals surface area contributed by atoms with Crippen molar-refractivity contribution in [2.75, 3.05) is 0 Å². The van der Waals surface area contributed by atoms with Crippen LogP contribution in [0.3, 0.4) is 0 Å². The van der Waals surface area contributed by atoms with Gasteiger partial charge < -0.3 is 9.52 Å². The SMILES string of the molecule is CC(C)(C)c1ccc(O)c(-n2c3ccccc3n3c4cccc(-c5cc(C(C)(C)C)c6oc7ncccc7c6n5)c4nc23)c1. The van der Waals surface area contributed by atoms with E-state index < -0.39 is 0 Å². The first kappa shape index (κ1) is 26.5. The van der Waals surface area contributed by atoms with Gasteiger partial charge in [-0.15, -0.1) is 0 Å². The number of phenols is 1. The third kappa shape index (κ3) is 3.78. The fourth-order valence-corrected chi connectivity index (χ4v) is 6.30. The Bertz CT molecular complexity index is 2430. The number of aromatic nitrogens is 5. The molecule has 1 N–H and O–H groups in total. The van der Waals surface area contributed by atoms with Gasteiger partial charge in [-0.1, -0.05) is 71.9 Å². The zero-order chi connectivity index (χ0) is 30.5. The van der Waals surface area contributed by atoms with Crippen molar-refractivity contribution in [1.29, 1.82) is 0 Å². The van der Waals surface area contributed by atoms with E-state index in [4.69, 9.17) is 14.4 Å². The van der Waals surface area contributed by atoms with Crippen molar-refractivity contribution < 1.29 is 9.52 Å². The molecule has 218 valence electrons. The summed E-state index contributed by atoms with van der Waals surface area (Å²) in [5, 5.41) is 12.1. The van der Waals surface area contributed by atoms with Gasteiger partial charge in [-0.3, -0.25) is 8.97 Å². The Morgan fingerprint density at radius 1 is 0.727 bits per heavy atom. The van der Waals surface area contributed by atoms with Crippen LogP contribution in [-0.4, -0.2) is 29.0 Å². The van der Waals surface area contributed by atoms with Crippen molar-refractivity contribution in [3.63, 3.8) is 0 Å². The molecule has 0 atom stereocenters. The molecule has 7 nitrogen and oxygen atoms in total. The van der Waals surface area contributed by atoms with Crippen LogP contribution in [0.5, 0.6) is 5.75 Å². The van der Waals surface area contributed by atoms with Crippen LogP contribution in [0.4, 0.5) is 0 Å². The van der Waals surface area contributed by atoms with E-state index in [1.807, 2.05) is 30.3 Å². The van der Waals surface area contributed by atoms with Gasteiger partial charge in [-0.25, -0.2) is 15.0 Å². The number of imidazole rings is 2. The smallest absolute Gasteiger partial charge is 0.228 e. The standard InChI is InChI=1S/C37H33N5O2/c1-36(2,3)21-16-17-30(43)29(19-21)42-27-14-8-7-13-26(27)41-28-15-9-11-22(31(28)40-35(41)42)25-20-24(37(4,5)6)33-32(39-25)23-12-10-18-38-34(23)44-33/h7-20,43H,1-6H3. The summed E-state index contributed by atoms with van der Waals surface area (Å²) in [6, 6.07) is 26.4. The number of para-hydroxylation sites is 3. The highest BCUT2D eigenvalue weighted by Gasteiger charge is 2.26. The summed E-state index contributed by atoms with van der Waals surface area (Å²) < 4.78 is 10.5. The largest absolute Gasteiger partial charge is 0.506 e. The fourth-order valence-electron chi connectivity index (χ4n) is 6.30. The normalized spacial score (nSPS) is 12.9. The Labute approximate surface area is 254 Å². The molecule has 0 spiro atoms. The molecule has 8 rings (SSSR count). The molecule has 0 radical (unpaired) electrons. The van der Waals surface area contributed by atoms with Gasteiger partial charge in [-0.05, 0) is 64.9 Å². The first-order valence-electron chi connectivity index (χ1n) is 14.9. The second-order valence-corrected chi connectivity index (χ2v) is 13.6. The first-order valence-corrected chi connectivity index (χ1v) is 14.9. The van der Waals surface area contributed by atoms with Gasteiger partial charge in [0.15, 0.2) is 5.58 Å². The Morgan fingerprint density at radius 3 is 2.27 bits per heavy atom. The van der Waals surface area contributed by atoms with E-state index in [0.29, 0.717) is 11.4 Å². The van der Waals surface area contributed by atoms with E-state index in [9.17, 15) is 5.11 Å². The minimum absolute atomic E-state index is 0.0865. The third-order valence-corrected chi connectivity index (χ3v) is 8.60. The second kappa shape index (κ2) is 8.92. The number of hydrogen-bond acceptors (Lipinski definition) is 5. The summed E-state index contributed by atoms with van der Waals surface area (Å²) in [6.45, 7) is 13.1. The van der Waals surface area contributed by atoms with Crippen molar-refractivity contribution >= 4 is 50.0 Å².